The van der Waals surface area contributed by atoms with Gasteiger partial charge < -0.3 is 10.6 Å². The minimum Gasteiger partial charge on any atom is -0.341 e. The quantitative estimate of drug-likeness (QED) is 0.592. The molecule has 0 spiro atoms. The number of hydrogen-bond acceptors (Lipinski definition) is 4. The van der Waals surface area contributed by atoms with Crippen molar-refractivity contribution >= 4 is 23.2 Å². The smallest absolute Gasteiger partial charge is 0.341 e. The largest absolute Gasteiger partial charge is 0.471 e. The lowest BCUT2D eigenvalue weighted by atomic mass is 10.0. The summed E-state index contributed by atoms with van der Waals surface area (Å²) in [6.45, 7) is 0. The monoisotopic (exact) mass is 381 g/mol. The van der Waals surface area contributed by atoms with Gasteiger partial charge >= 0.3 is 12.1 Å². The Hall–Kier alpha value is -3.43. The Bertz CT molecular complexity index is 841. The molecule has 0 heterocycles. The van der Waals surface area contributed by atoms with Crippen molar-refractivity contribution in [2.75, 3.05) is 5.32 Å². The van der Waals surface area contributed by atoms with Gasteiger partial charge in [-0.2, -0.15) is 13.2 Å². The Morgan fingerprint density at radius 2 is 1.74 bits per heavy atom. The number of non-ortho nitro benzene ring substituents is 1. The fourth-order valence-electron chi connectivity index (χ4n) is 2.27. The molecule has 0 aliphatic heterocycles. The highest BCUT2D eigenvalue weighted by Gasteiger charge is 2.40. The number of nitrogens with zero attached hydrogens (tertiary/aromatic N) is 1. The summed E-state index contributed by atoms with van der Waals surface area (Å²) in [5.41, 5.74) is 0.172. The summed E-state index contributed by atoms with van der Waals surface area (Å²) in [6.07, 6.45) is -5.59. The van der Waals surface area contributed by atoms with Crippen LogP contribution in [0.5, 0.6) is 0 Å². The maximum Gasteiger partial charge on any atom is 0.471 e. The Morgan fingerprint density at radius 3 is 2.33 bits per heavy atom. The van der Waals surface area contributed by atoms with Gasteiger partial charge in [0.15, 0.2) is 0 Å². The topological polar surface area (TPSA) is 101 Å². The maximum absolute atomic E-state index is 12.6. The second-order valence-corrected chi connectivity index (χ2v) is 5.49. The van der Waals surface area contributed by atoms with Gasteiger partial charge in [0, 0.05) is 17.8 Å². The third kappa shape index (κ3) is 5.80. The predicted octanol–water partition coefficient (Wildman–Crippen LogP) is 3.34. The first-order valence-corrected chi connectivity index (χ1v) is 7.64. The highest BCUT2D eigenvalue weighted by atomic mass is 19.4. The number of nitro benzene ring substituents is 1. The van der Waals surface area contributed by atoms with E-state index in [2.05, 4.69) is 5.32 Å². The molecule has 0 bridgehead atoms. The second-order valence-electron chi connectivity index (χ2n) is 5.49. The molecule has 1 atom stereocenters. The minimum absolute atomic E-state index is 0.114. The van der Waals surface area contributed by atoms with Gasteiger partial charge in [-0.15, -0.1) is 0 Å². The fourth-order valence-corrected chi connectivity index (χ4v) is 2.27. The number of carbonyl (C=O) groups is 2. The van der Waals surface area contributed by atoms with Gasteiger partial charge in [0.1, 0.15) is 0 Å². The number of hydrogen-bond donors (Lipinski definition) is 2. The molecule has 27 heavy (non-hydrogen) atoms. The first-order chi connectivity index (χ1) is 12.7. The molecule has 2 rings (SSSR count). The molecule has 0 saturated heterocycles. The number of carbonyl (C=O) groups excluding carboxylic acids is 2. The van der Waals surface area contributed by atoms with Crippen LogP contribution in [0.25, 0.3) is 0 Å². The van der Waals surface area contributed by atoms with Crippen molar-refractivity contribution in [1.82, 2.24) is 5.32 Å². The van der Waals surface area contributed by atoms with Crippen molar-refractivity contribution in [3.8, 4) is 0 Å². The summed E-state index contributed by atoms with van der Waals surface area (Å²) in [5, 5.41) is 14.9. The van der Waals surface area contributed by atoms with Crippen LogP contribution in [-0.2, 0) is 9.59 Å². The highest BCUT2D eigenvalue weighted by Crippen LogP contribution is 2.23. The molecular formula is C17H14F3N3O4. The highest BCUT2D eigenvalue weighted by molar-refractivity contribution is 5.92. The number of nitro groups is 1. The van der Waals surface area contributed by atoms with E-state index in [1.807, 2.05) is 0 Å². The van der Waals surface area contributed by atoms with Gasteiger partial charge in [-0.05, 0) is 11.6 Å². The van der Waals surface area contributed by atoms with E-state index in [0.717, 1.165) is 6.07 Å². The van der Waals surface area contributed by atoms with Crippen molar-refractivity contribution in [3.05, 3.63) is 70.3 Å². The van der Waals surface area contributed by atoms with Crippen LogP contribution in [0, 0.1) is 10.1 Å². The molecule has 0 aliphatic rings. The van der Waals surface area contributed by atoms with Crippen LogP contribution >= 0.6 is 0 Å². The van der Waals surface area contributed by atoms with Gasteiger partial charge in [0.25, 0.3) is 5.69 Å². The third-order valence-corrected chi connectivity index (χ3v) is 3.49. The molecule has 2 N–H and O–H groups in total. The van der Waals surface area contributed by atoms with E-state index >= 15 is 0 Å². The van der Waals surface area contributed by atoms with E-state index in [0.29, 0.717) is 5.56 Å². The zero-order chi connectivity index (χ0) is 20.0. The number of halogens is 3. The summed E-state index contributed by atoms with van der Waals surface area (Å²) in [4.78, 5) is 33.6. The number of nitrogens with one attached hydrogen (secondary N) is 2. The zero-order valence-corrected chi connectivity index (χ0v) is 13.7. The predicted molar refractivity (Wildman–Crippen MR) is 89.7 cm³/mol. The lowest BCUT2D eigenvalue weighted by Gasteiger charge is -2.20. The minimum atomic E-state index is -5.09. The first-order valence-electron chi connectivity index (χ1n) is 7.64. The van der Waals surface area contributed by atoms with E-state index < -0.39 is 35.4 Å². The van der Waals surface area contributed by atoms with Crippen molar-refractivity contribution in [2.45, 2.75) is 18.6 Å². The number of benzene rings is 2. The van der Waals surface area contributed by atoms with Crippen LogP contribution in [0.3, 0.4) is 0 Å². The second kappa shape index (κ2) is 8.30. The van der Waals surface area contributed by atoms with Crippen LogP contribution < -0.4 is 10.6 Å². The Morgan fingerprint density at radius 1 is 1.07 bits per heavy atom. The van der Waals surface area contributed by atoms with Crippen LogP contribution in [-0.4, -0.2) is 22.9 Å². The van der Waals surface area contributed by atoms with Crippen molar-refractivity contribution in [1.29, 1.82) is 0 Å². The fraction of sp³-hybridized carbons (Fsp3) is 0.176. The average Bonchev–Trinajstić information content (AvgIpc) is 2.61. The summed E-state index contributed by atoms with van der Waals surface area (Å²) < 4.78 is 37.7. The Kier molecular flexibility index (Phi) is 6.11. The molecular weight excluding hydrogens is 367 g/mol. The molecule has 0 aliphatic carbocycles. The number of rotatable bonds is 6. The maximum atomic E-state index is 12.6. The van der Waals surface area contributed by atoms with Crippen molar-refractivity contribution in [2.24, 2.45) is 0 Å². The van der Waals surface area contributed by atoms with Crippen molar-refractivity contribution in [3.63, 3.8) is 0 Å². The normalized spacial score (nSPS) is 12.1. The lowest BCUT2D eigenvalue weighted by molar-refractivity contribution is -0.384. The lowest BCUT2D eigenvalue weighted by Crippen LogP contribution is -2.40. The van der Waals surface area contributed by atoms with Gasteiger partial charge in [0.05, 0.1) is 17.4 Å². The molecule has 142 valence electrons. The standard InChI is InChI=1S/C17H14F3N3O4/c18-17(19,20)16(25)22-14(11-5-2-1-3-6-11)10-15(24)21-12-7-4-8-13(9-12)23(26)27/h1-9,14H,10H2,(H,21,24)(H,22,25). The van der Waals surface area contributed by atoms with Gasteiger partial charge in [-0.3, -0.25) is 19.7 Å². The summed E-state index contributed by atoms with van der Waals surface area (Å²) in [7, 11) is 0. The number of anilines is 1. The molecule has 10 heteroatoms. The van der Waals surface area contributed by atoms with E-state index in [-0.39, 0.29) is 11.4 Å². The molecule has 1 unspecified atom stereocenters. The summed E-state index contributed by atoms with van der Waals surface area (Å²) in [6, 6.07) is 11.6. The average molecular weight is 381 g/mol. The molecule has 2 aromatic carbocycles. The van der Waals surface area contributed by atoms with Crippen LogP contribution in [0.2, 0.25) is 0 Å². The molecule has 0 saturated carbocycles. The number of amides is 2. The van der Waals surface area contributed by atoms with Crippen LogP contribution in [0.4, 0.5) is 24.5 Å². The van der Waals surface area contributed by atoms with Crippen LogP contribution in [0.15, 0.2) is 54.6 Å². The van der Waals surface area contributed by atoms with Crippen LogP contribution in [0.1, 0.15) is 18.0 Å². The molecule has 0 aromatic heterocycles. The molecule has 7 nitrogen and oxygen atoms in total. The van der Waals surface area contributed by atoms with E-state index in [1.54, 1.807) is 23.5 Å². The summed E-state index contributed by atoms with van der Waals surface area (Å²) >= 11 is 0. The molecule has 0 radical (unpaired) electrons. The SMILES string of the molecule is O=C(CC(NC(=O)C(F)(F)F)c1ccccc1)Nc1cccc([N+](=O)[O-])c1. The molecule has 2 aromatic rings. The van der Waals surface area contributed by atoms with Gasteiger partial charge in [-0.25, -0.2) is 0 Å². The third-order valence-electron chi connectivity index (χ3n) is 3.49. The first kappa shape index (κ1) is 19.9. The van der Waals surface area contributed by atoms with Gasteiger partial charge in [-0.1, -0.05) is 36.4 Å². The number of alkyl halides is 3. The Balaban J connectivity index is 2.14. The van der Waals surface area contributed by atoms with E-state index in [4.69, 9.17) is 0 Å². The van der Waals surface area contributed by atoms with Crippen molar-refractivity contribution < 1.29 is 27.7 Å². The molecule has 0 fully saturated rings. The zero-order valence-electron chi connectivity index (χ0n) is 13.7. The Labute approximate surface area is 151 Å². The summed E-state index contributed by atoms with van der Waals surface area (Å²) in [5.74, 6) is -2.88. The van der Waals surface area contributed by atoms with E-state index in [1.165, 1.54) is 30.3 Å². The van der Waals surface area contributed by atoms with E-state index in [9.17, 15) is 32.9 Å². The van der Waals surface area contributed by atoms with Gasteiger partial charge in [0.2, 0.25) is 5.91 Å². The molecule has 2 amide bonds.